The van der Waals surface area contributed by atoms with Crippen molar-refractivity contribution in [1.29, 1.82) is 0 Å². The maximum atomic E-state index is 15.9. The zero-order valence-electron chi connectivity index (χ0n) is 36.2. The predicted octanol–water partition coefficient (Wildman–Crippen LogP) is 5.69. The number of aromatic nitrogens is 4. The van der Waals surface area contributed by atoms with Crippen LogP contribution in [0.1, 0.15) is 37.5 Å². The van der Waals surface area contributed by atoms with Crippen LogP contribution in [0.25, 0.3) is 22.5 Å². The lowest BCUT2D eigenvalue weighted by Gasteiger charge is -2.33. The van der Waals surface area contributed by atoms with Crippen LogP contribution >= 0.6 is 0 Å². The van der Waals surface area contributed by atoms with E-state index >= 15 is 8.42 Å². The Labute approximate surface area is 372 Å². The summed E-state index contributed by atoms with van der Waals surface area (Å²) in [5.74, 6) is 1.51. The number of ether oxygens (including phenoxy) is 3. The number of nitrogens with two attached hydrogens (primary N) is 2. The molecule has 0 fully saturated rings. The number of carboxylic acid groups (broad SMARTS) is 1. The summed E-state index contributed by atoms with van der Waals surface area (Å²) in [5, 5.41) is 23.2. The molecule has 0 aliphatic rings. The van der Waals surface area contributed by atoms with Gasteiger partial charge in [-0.2, -0.15) is 9.10 Å². The molecule has 338 valence electrons. The number of methoxy groups -OCH3 is 3. The van der Waals surface area contributed by atoms with Gasteiger partial charge in [-0.25, -0.2) is 26.4 Å². The van der Waals surface area contributed by atoms with Gasteiger partial charge in [-0.3, -0.25) is 0 Å². The molecule has 0 aliphatic carbocycles. The molecule has 0 saturated heterocycles. The molecule has 6 aromatic rings. The number of hydrogen-bond acceptors (Lipinski definition) is 13. The molecule has 0 unspecified atom stereocenters. The average molecular weight is 914 g/mol. The Balaban J connectivity index is 1.61. The first-order valence-corrected chi connectivity index (χ1v) is 22.8. The zero-order valence-corrected chi connectivity index (χ0v) is 37.9. The highest BCUT2D eigenvalue weighted by molar-refractivity contribution is 7.92. The van der Waals surface area contributed by atoms with Gasteiger partial charge in [0, 0.05) is 31.7 Å². The Morgan fingerprint density at radius 1 is 0.750 bits per heavy atom. The van der Waals surface area contributed by atoms with Gasteiger partial charge >= 0.3 is 6.09 Å². The highest BCUT2D eigenvalue weighted by atomic mass is 32.2. The summed E-state index contributed by atoms with van der Waals surface area (Å²) < 4.78 is 80.8. The second-order valence-electron chi connectivity index (χ2n) is 15.6. The van der Waals surface area contributed by atoms with Gasteiger partial charge in [-0.05, 0) is 108 Å². The fourth-order valence-electron chi connectivity index (χ4n) is 6.85. The Kier molecular flexibility index (Phi) is 14.1. The van der Waals surface area contributed by atoms with Crippen LogP contribution in [-0.4, -0.2) is 97.4 Å². The van der Waals surface area contributed by atoms with E-state index in [0.29, 0.717) is 33.9 Å². The second kappa shape index (κ2) is 19.3. The molecule has 64 heavy (non-hydrogen) atoms. The molecule has 1 aromatic heterocycles. The molecular weight excluding hydrogens is 863 g/mol. The van der Waals surface area contributed by atoms with Gasteiger partial charge in [0.25, 0.3) is 0 Å². The van der Waals surface area contributed by atoms with Crippen LogP contribution in [0.2, 0.25) is 0 Å². The van der Waals surface area contributed by atoms with E-state index in [1.54, 1.807) is 113 Å². The quantitative estimate of drug-likeness (QED) is 0.0757. The number of carbonyl (C=O) groups is 1. The van der Waals surface area contributed by atoms with Crippen molar-refractivity contribution >= 4 is 37.5 Å². The topological polar surface area (TPSA) is 247 Å². The lowest BCUT2D eigenvalue weighted by molar-refractivity contribution is 0.102. The van der Waals surface area contributed by atoms with Gasteiger partial charge in [0.05, 0.1) is 44.8 Å². The molecular formula is C44H51N9O9S2. The number of tetrazole rings is 1. The van der Waals surface area contributed by atoms with Crippen molar-refractivity contribution in [3.63, 3.8) is 0 Å². The van der Waals surface area contributed by atoms with Crippen molar-refractivity contribution in [3.8, 4) is 39.8 Å². The number of benzene rings is 5. The summed E-state index contributed by atoms with van der Waals surface area (Å²) in [6.45, 7) is 4.03. The first kappa shape index (κ1) is 46.8. The lowest BCUT2D eigenvalue weighted by atomic mass is 9.98. The van der Waals surface area contributed by atoms with Crippen molar-refractivity contribution in [2.24, 2.45) is 0 Å². The number of sulfonamides is 2. The Morgan fingerprint density at radius 2 is 1.28 bits per heavy atom. The smallest absolute Gasteiger partial charge is 0.407 e. The van der Waals surface area contributed by atoms with Gasteiger partial charge < -0.3 is 35.7 Å². The summed E-state index contributed by atoms with van der Waals surface area (Å²) in [4.78, 5) is 13.2. The molecule has 6 rings (SSSR count). The fraction of sp³-hybridized carbons (Fsp3) is 0.273. The Bertz CT molecular complexity index is 2760. The van der Waals surface area contributed by atoms with E-state index < -0.39 is 48.0 Å². The number of amides is 1. The molecule has 1 heterocycles. The van der Waals surface area contributed by atoms with Gasteiger partial charge in [-0.15, -0.1) is 10.2 Å². The van der Waals surface area contributed by atoms with Crippen molar-refractivity contribution in [2.75, 3.05) is 45.9 Å². The van der Waals surface area contributed by atoms with Crippen molar-refractivity contribution < 1.29 is 40.9 Å². The SMILES string of the molecule is COc1ccc(CN(Cc2ccc(OC)cc2)S(=O)(=O)c2c(S(=O)(=O)NCCN(C(=O)O)C(C)(C)C)ccc(-c3ccc(N)c(N)c3)c2-c2nnn(Cc3ccc(OC)cc3)n2)cc1. The number of anilines is 2. The third-order valence-electron chi connectivity index (χ3n) is 10.3. The van der Waals surface area contributed by atoms with Gasteiger partial charge in [0.15, 0.2) is 0 Å². The van der Waals surface area contributed by atoms with Crippen molar-refractivity contribution in [1.82, 2.24) is 34.1 Å². The molecule has 0 atom stereocenters. The molecule has 0 spiro atoms. The number of nitrogen functional groups attached to an aromatic ring is 2. The summed E-state index contributed by atoms with van der Waals surface area (Å²) >= 11 is 0. The minimum atomic E-state index is -4.95. The van der Waals surface area contributed by atoms with Gasteiger partial charge in [-0.1, -0.05) is 48.5 Å². The number of rotatable bonds is 18. The molecule has 1 amide bonds. The first-order chi connectivity index (χ1) is 30.3. The third-order valence-corrected chi connectivity index (χ3v) is 13.8. The summed E-state index contributed by atoms with van der Waals surface area (Å²) in [7, 11) is -5.15. The molecule has 0 radical (unpaired) electrons. The summed E-state index contributed by atoms with van der Waals surface area (Å²) in [6, 6.07) is 28.0. The summed E-state index contributed by atoms with van der Waals surface area (Å²) in [6.07, 6.45) is -1.26. The van der Waals surface area contributed by atoms with Crippen LogP contribution in [0.15, 0.2) is 113 Å². The Hall–Kier alpha value is -6.74. The number of hydrogen-bond donors (Lipinski definition) is 4. The third kappa shape index (κ3) is 10.7. The van der Waals surface area contributed by atoms with Crippen LogP contribution in [0.5, 0.6) is 17.2 Å². The molecule has 18 nitrogen and oxygen atoms in total. The number of nitrogens with zero attached hydrogens (tertiary/aromatic N) is 6. The average Bonchev–Trinajstić information content (AvgIpc) is 3.73. The Morgan fingerprint density at radius 3 is 1.77 bits per heavy atom. The van der Waals surface area contributed by atoms with E-state index in [1.165, 1.54) is 37.2 Å². The van der Waals surface area contributed by atoms with Crippen molar-refractivity contribution in [3.05, 3.63) is 120 Å². The molecule has 0 saturated carbocycles. The van der Waals surface area contributed by atoms with Gasteiger partial charge in [0.1, 0.15) is 27.0 Å². The highest BCUT2D eigenvalue weighted by Gasteiger charge is 2.38. The maximum Gasteiger partial charge on any atom is 0.407 e. The molecule has 5 aromatic carbocycles. The van der Waals surface area contributed by atoms with Crippen molar-refractivity contribution in [2.45, 2.75) is 55.7 Å². The normalized spacial score (nSPS) is 12.0. The fourth-order valence-corrected chi connectivity index (χ4v) is 10.3. The zero-order chi connectivity index (χ0) is 46.4. The van der Waals surface area contributed by atoms with Crippen LogP contribution in [0.3, 0.4) is 0 Å². The maximum absolute atomic E-state index is 15.9. The van der Waals surface area contributed by atoms with Crippen LogP contribution in [0, 0.1) is 0 Å². The summed E-state index contributed by atoms with van der Waals surface area (Å²) in [5.41, 5.74) is 14.2. The molecule has 0 aliphatic heterocycles. The number of nitrogens with one attached hydrogen (secondary N) is 1. The van der Waals surface area contributed by atoms with Gasteiger partial charge in [0.2, 0.25) is 25.9 Å². The molecule has 6 N–H and O–H groups in total. The second-order valence-corrected chi connectivity index (χ2v) is 19.2. The lowest BCUT2D eigenvalue weighted by Crippen LogP contribution is -2.48. The molecule has 0 bridgehead atoms. The first-order valence-electron chi connectivity index (χ1n) is 19.8. The van der Waals surface area contributed by atoms with E-state index in [4.69, 9.17) is 25.7 Å². The monoisotopic (exact) mass is 913 g/mol. The van der Waals surface area contributed by atoms with Crippen LogP contribution < -0.4 is 30.4 Å². The standard InChI is InChI=1S/C44H51N9O9S2/c1-44(2,3)52(43(54)55)24-23-47-63(56,57)39-22-20-36(32-13-21-37(45)38(46)25-32)40(42-48-50-53(49-42)28-31-11-18-35(62-6)19-12-31)41(39)64(58,59)51(26-29-7-14-33(60-4)15-8-29)27-30-9-16-34(61-5)17-10-30/h7-22,25,47H,23-24,26-28,45-46H2,1-6H3,(H,54,55). The van der Waals surface area contributed by atoms with E-state index in [9.17, 15) is 18.3 Å². The predicted molar refractivity (Wildman–Crippen MR) is 242 cm³/mol. The van der Waals surface area contributed by atoms with E-state index in [-0.39, 0.29) is 54.5 Å². The van der Waals surface area contributed by atoms with E-state index in [1.807, 2.05) is 0 Å². The van der Waals surface area contributed by atoms with E-state index in [2.05, 4.69) is 20.1 Å². The van der Waals surface area contributed by atoms with Crippen LogP contribution in [-0.2, 0) is 39.7 Å². The largest absolute Gasteiger partial charge is 0.497 e. The minimum Gasteiger partial charge on any atom is -0.497 e. The van der Waals surface area contributed by atoms with Crippen LogP contribution in [0.4, 0.5) is 16.2 Å². The molecule has 20 heteroatoms. The highest BCUT2D eigenvalue weighted by Crippen LogP contribution is 2.42. The minimum absolute atomic E-state index is 0.109. The van der Waals surface area contributed by atoms with E-state index in [0.717, 1.165) is 14.8 Å².